The first-order chi connectivity index (χ1) is 11.5. The fourth-order valence-electron chi connectivity index (χ4n) is 2.88. The predicted octanol–water partition coefficient (Wildman–Crippen LogP) is 2.10. The molecule has 130 valence electrons. The summed E-state index contributed by atoms with van der Waals surface area (Å²) in [5.41, 5.74) is 0.894. The molecule has 0 unspecified atom stereocenters. The Morgan fingerprint density at radius 1 is 1.17 bits per heavy atom. The van der Waals surface area contributed by atoms with Crippen LogP contribution in [-0.4, -0.2) is 50.9 Å². The SMILES string of the molecule is COc1ccc(C)cc1S(=O)(=O)N1CCN(Cc2ccco2)CC1. The number of hydrogen-bond donors (Lipinski definition) is 0. The third-order valence-electron chi connectivity index (χ3n) is 4.23. The van der Waals surface area contributed by atoms with Crippen molar-refractivity contribution in [1.29, 1.82) is 0 Å². The highest BCUT2D eigenvalue weighted by molar-refractivity contribution is 7.89. The Morgan fingerprint density at radius 2 is 1.92 bits per heavy atom. The lowest BCUT2D eigenvalue weighted by atomic mass is 10.2. The average molecular weight is 350 g/mol. The molecule has 0 amide bonds. The lowest BCUT2D eigenvalue weighted by Gasteiger charge is -2.33. The maximum absolute atomic E-state index is 13.0. The quantitative estimate of drug-likeness (QED) is 0.826. The molecule has 2 aromatic rings. The summed E-state index contributed by atoms with van der Waals surface area (Å²) < 4.78 is 38.0. The third kappa shape index (κ3) is 3.48. The molecule has 7 heteroatoms. The maximum atomic E-state index is 13.0. The molecule has 1 fully saturated rings. The molecule has 0 N–H and O–H groups in total. The minimum Gasteiger partial charge on any atom is -0.495 e. The van der Waals surface area contributed by atoms with E-state index in [1.807, 2.05) is 25.1 Å². The zero-order valence-electron chi connectivity index (χ0n) is 13.9. The second-order valence-electron chi connectivity index (χ2n) is 5.91. The molecule has 1 saturated heterocycles. The van der Waals surface area contributed by atoms with Crippen molar-refractivity contribution in [1.82, 2.24) is 9.21 Å². The zero-order chi connectivity index (χ0) is 17.2. The smallest absolute Gasteiger partial charge is 0.246 e. The van der Waals surface area contributed by atoms with Gasteiger partial charge in [-0.25, -0.2) is 8.42 Å². The molecule has 3 rings (SSSR count). The van der Waals surface area contributed by atoms with E-state index >= 15 is 0 Å². The molecule has 1 aromatic heterocycles. The second kappa shape index (κ2) is 6.96. The van der Waals surface area contributed by atoms with Crippen LogP contribution in [0, 0.1) is 6.92 Å². The van der Waals surface area contributed by atoms with Gasteiger partial charge < -0.3 is 9.15 Å². The summed E-state index contributed by atoms with van der Waals surface area (Å²) in [6, 6.07) is 9.01. The topological polar surface area (TPSA) is 63.0 Å². The minimum atomic E-state index is -3.55. The Balaban J connectivity index is 1.72. The Hall–Kier alpha value is -1.83. The molecule has 0 saturated carbocycles. The summed E-state index contributed by atoms with van der Waals surface area (Å²) in [6.07, 6.45) is 1.65. The number of methoxy groups -OCH3 is 1. The summed E-state index contributed by atoms with van der Waals surface area (Å²) >= 11 is 0. The van der Waals surface area contributed by atoms with Crippen molar-refractivity contribution in [2.45, 2.75) is 18.4 Å². The summed E-state index contributed by atoms with van der Waals surface area (Å²) in [6.45, 7) is 4.84. The van der Waals surface area contributed by atoms with Gasteiger partial charge in [0.2, 0.25) is 10.0 Å². The van der Waals surface area contributed by atoms with Gasteiger partial charge in [-0.1, -0.05) is 6.07 Å². The van der Waals surface area contributed by atoms with Crippen LogP contribution in [0.2, 0.25) is 0 Å². The van der Waals surface area contributed by atoms with E-state index in [0.29, 0.717) is 38.5 Å². The van der Waals surface area contributed by atoms with Crippen LogP contribution in [0.25, 0.3) is 0 Å². The summed E-state index contributed by atoms with van der Waals surface area (Å²) in [5.74, 6) is 1.28. The van der Waals surface area contributed by atoms with Gasteiger partial charge in [0.05, 0.1) is 19.9 Å². The molecule has 1 aliphatic heterocycles. The van der Waals surface area contributed by atoms with Crippen LogP contribution < -0.4 is 4.74 Å². The Bertz CT molecular complexity index is 779. The van der Waals surface area contributed by atoms with E-state index in [9.17, 15) is 8.42 Å². The standard InChI is InChI=1S/C17H22N2O4S/c1-14-5-6-16(22-2)17(12-14)24(20,21)19-9-7-18(8-10-19)13-15-4-3-11-23-15/h3-6,11-12H,7-10,13H2,1-2H3. The lowest BCUT2D eigenvalue weighted by Crippen LogP contribution is -2.48. The average Bonchev–Trinajstić information content (AvgIpc) is 3.08. The number of hydrogen-bond acceptors (Lipinski definition) is 5. The molecule has 24 heavy (non-hydrogen) atoms. The molecule has 0 radical (unpaired) electrons. The molecule has 2 heterocycles. The van der Waals surface area contributed by atoms with Gasteiger partial charge >= 0.3 is 0 Å². The van der Waals surface area contributed by atoms with Gasteiger partial charge in [-0.3, -0.25) is 4.90 Å². The summed E-state index contributed by atoms with van der Waals surface area (Å²) in [5, 5.41) is 0. The van der Waals surface area contributed by atoms with Crippen molar-refractivity contribution in [2.24, 2.45) is 0 Å². The fourth-order valence-corrected chi connectivity index (χ4v) is 4.54. The van der Waals surface area contributed by atoms with E-state index in [2.05, 4.69) is 4.90 Å². The van der Waals surface area contributed by atoms with Crippen LogP contribution in [0.1, 0.15) is 11.3 Å². The molecule has 0 aliphatic carbocycles. The lowest BCUT2D eigenvalue weighted by molar-refractivity contribution is 0.171. The van der Waals surface area contributed by atoms with E-state index < -0.39 is 10.0 Å². The van der Waals surface area contributed by atoms with Crippen molar-refractivity contribution in [3.63, 3.8) is 0 Å². The number of benzene rings is 1. The maximum Gasteiger partial charge on any atom is 0.246 e. The van der Waals surface area contributed by atoms with Gasteiger partial charge in [-0.2, -0.15) is 4.31 Å². The predicted molar refractivity (Wildman–Crippen MR) is 90.5 cm³/mol. The van der Waals surface area contributed by atoms with E-state index in [1.54, 1.807) is 18.4 Å². The van der Waals surface area contributed by atoms with Crippen LogP contribution >= 0.6 is 0 Å². The highest BCUT2D eigenvalue weighted by atomic mass is 32.2. The largest absolute Gasteiger partial charge is 0.495 e. The van der Waals surface area contributed by atoms with E-state index in [1.165, 1.54) is 11.4 Å². The van der Waals surface area contributed by atoms with Crippen LogP contribution in [0.5, 0.6) is 5.75 Å². The minimum absolute atomic E-state index is 0.240. The first-order valence-corrected chi connectivity index (χ1v) is 9.34. The molecule has 6 nitrogen and oxygen atoms in total. The molecule has 1 aromatic carbocycles. The van der Waals surface area contributed by atoms with E-state index in [0.717, 1.165) is 11.3 Å². The summed E-state index contributed by atoms with van der Waals surface area (Å²) in [4.78, 5) is 2.43. The van der Waals surface area contributed by atoms with Crippen molar-refractivity contribution in [3.05, 3.63) is 47.9 Å². The molecule has 0 spiro atoms. The fraction of sp³-hybridized carbons (Fsp3) is 0.412. The van der Waals surface area contributed by atoms with Crippen LogP contribution in [0.15, 0.2) is 45.9 Å². The van der Waals surface area contributed by atoms with Gasteiger partial charge in [0.15, 0.2) is 0 Å². The first-order valence-electron chi connectivity index (χ1n) is 7.90. The number of piperazine rings is 1. The Kier molecular flexibility index (Phi) is 4.93. The van der Waals surface area contributed by atoms with Crippen LogP contribution in [0.3, 0.4) is 0 Å². The van der Waals surface area contributed by atoms with Crippen LogP contribution in [0.4, 0.5) is 0 Å². The number of sulfonamides is 1. The molecular formula is C17H22N2O4S. The van der Waals surface area contributed by atoms with Crippen molar-refractivity contribution < 1.29 is 17.6 Å². The van der Waals surface area contributed by atoms with E-state index in [-0.39, 0.29) is 4.90 Å². The molecule has 0 bridgehead atoms. The Morgan fingerprint density at radius 3 is 2.54 bits per heavy atom. The van der Waals surface area contributed by atoms with E-state index in [4.69, 9.17) is 9.15 Å². The van der Waals surface area contributed by atoms with Gasteiger partial charge in [0, 0.05) is 26.2 Å². The van der Waals surface area contributed by atoms with Gasteiger partial charge in [0.25, 0.3) is 0 Å². The Labute approximate surface area is 142 Å². The van der Waals surface area contributed by atoms with Crippen molar-refractivity contribution in [2.75, 3.05) is 33.3 Å². The number of rotatable bonds is 5. The second-order valence-corrected chi connectivity index (χ2v) is 7.82. The van der Waals surface area contributed by atoms with Crippen molar-refractivity contribution >= 4 is 10.0 Å². The highest BCUT2D eigenvalue weighted by Crippen LogP contribution is 2.28. The first kappa shape index (κ1) is 17.0. The monoisotopic (exact) mass is 350 g/mol. The molecule has 0 atom stereocenters. The third-order valence-corrected chi connectivity index (χ3v) is 6.15. The number of ether oxygens (including phenoxy) is 1. The highest BCUT2D eigenvalue weighted by Gasteiger charge is 2.31. The van der Waals surface area contributed by atoms with Gasteiger partial charge in [0.1, 0.15) is 16.4 Å². The van der Waals surface area contributed by atoms with Crippen LogP contribution in [-0.2, 0) is 16.6 Å². The summed E-state index contributed by atoms with van der Waals surface area (Å²) in [7, 11) is -2.06. The number of nitrogens with zero attached hydrogens (tertiary/aromatic N) is 2. The van der Waals surface area contributed by atoms with Crippen molar-refractivity contribution in [3.8, 4) is 5.75 Å². The van der Waals surface area contributed by atoms with Gasteiger partial charge in [-0.15, -0.1) is 0 Å². The molecule has 1 aliphatic rings. The van der Waals surface area contributed by atoms with Gasteiger partial charge in [-0.05, 0) is 36.8 Å². The zero-order valence-corrected chi connectivity index (χ0v) is 14.8. The normalized spacial score (nSPS) is 17.1. The number of aryl methyl sites for hydroxylation is 1. The molecular weight excluding hydrogens is 328 g/mol. The number of furan rings is 1.